The Morgan fingerprint density at radius 2 is 1.05 bits per heavy atom. The molecule has 12 rings (SSSR count). The van der Waals surface area contributed by atoms with E-state index in [0.29, 0.717) is 0 Å². The van der Waals surface area contributed by atoms with Crippen LogP contribution in [0.2, 0.25) is 0 Å². The van der Waals surface area contributed by atoms with Gasteiger partial charge in [-0.15, -0.1) is 0 Å². The summed E-state index contributed by atoms with van der Waals surface area (Å²) in [5.41, 5.74) is 16.2. The van der Waals surface area contributed by atoms with E-state index in [0.717, 1.165) is 40.1 Å². The van der Waals surface area contributed by atoms with Crippen molar-refractivity contribution in [3.05, 3.63) is 222 Å². The lowest BCUT2D eigenvalue weighted by molar-refractivity contribution is 0.755. The summed E-state index contributed by atoms with van der Waals surface area (Å²) >= 11 is 0. The third kappa shape index (κ3) is 4.45. The molecule has 0 amide bonds. The second kappa shape index (κ2) is 12.3. The highest BCUT2D eigenvalue weighted by molar-refractivity contribution is 6.14. The normalized spacial score (nSPS) is 14.4. The second-order valence-electron chi connectivity index (χ2n) is 15.0. The highest BCUT2D eigenvalue weighted by Crippen LogP contribution is 2.57. The predicted octanol–water partition coefficient (Wildman–Crippen LogP) is 11.6. The maximum atomic E-state index is 4.45. The zero-order valence-corrected chi connectivity index (χ0v) is 31.0. The van der Waals surface area contributed by atoms with Gasteiger partial charge in [0.2, 0.25) is 0 Å². The van der Waals surface area contributed by atoms with Crippen LogP contribution in [0, 0.1) is 0 Å². The molecule has 0 saturated heterocycles. The van der Waals surface area contributed by atoms with Gasteiger partial charge in [-0.25, -0.2) is 0 Å². The Morgan fingerprint density at radius 1 is 0.491 bits per heavy atom. The Morgan fingerprint density at radius 3 is 1.68 bits per heavy atom. The van der Waals surface area contributed by atoms with Crippen molar-refractivity contribution >= 4 is 49.3 Å². The quantitative estimate of drug-likeness (QED) is 0.192. The minimum absolute atomic E-state index is 0.477. The maximum Gasteiger partial charge on any atom is 0.0729 e. The number of fused-ring (bicyclic) bond motifs is 9. The molecule has 5 heteroatoms. The molecule has 2 aliphatic rings. The zero-order valence-electron chi connectivity index (χ0n) is 31.0. The van der Waals surface area contributed by atoms with E-state index in [4.69, 9.17) is 0 Å². The Kier molecular flexibility index (Phi) is 6.84. The van der Waals surface area contributed by atoms with Crippen LogP contribution in [0.5, 0.6) is 0 Å². The van der Waals surface area contributed by atoms with Gasteiger partial charge in [0.25, 0.3) is 0 Å². The maximum absolute atomic E-state index is 4.45. The van der Waals surface area contributed by atoms with Gasteiger partial charge in [0.05, 0.1) is 39.9 Å². The number of nitrogens with one attached hydrogen (secondary N) is 1. The number of hydrogen-bond acceptors (Lipinski definition) is 3. The predicted molar refractivity (Wildman–Crippen MR) is 233 cm³/mol. The molecule has 1 N–H and O–H groups in total. The van der Waals surface area contributed by atoms with E-state index < -0.39 is 5.41 Å². The average molecular weight is 730 g/mol. The Hall–Kier alpha value is -7.50. The molecule has 0 spiro atoms. The van der Waals surface area contributed by atoms with E-state index in [9.17, 15) is 0 Å². The van der Waals surface area contributed by atoms with Gasteiger partial charge in [-0.05, 0) is 75.9 Å². The summed E-state index contributed by atoms with van der Waals surface area (Å²) in [7, 11) is 0. The van der Waals surface area contributed by atoms with Crippen molar-refractivity contribution in [3.63, 3.8) is 0 Å². The van der Waals surface area contributed by atoms with Gasteiger partial charge in [0.15, 0.2) is 0 Å². The summed E-state index contributed by atoms with van der Waals surface area (Å²) in [5.74, 6) is 0. The van der Waals surface area contributed by atoms with Crippen LogP contribution in [0.3, 0.4) is 0 Å². The summed E-state index contributed by atoms with van der Waals surface area (Å²) in [6.07, 6.45) is 12.2. The van der Waals surface area contributed by atoms with Crippen molar-refractivity contribution in [1.82, 2.24) is 24.4 Å². The first-order chi connectivity index (χ1) is 28.3. The highest BCUT2D eigenvalue weighted by Gasteiger charge is 2.48. The van der Waals surface area contributed by atoms with Crippen LogP contribution in [0.4, 0.5) is 0 Å². The number of aromatic nitrogens is 4. The second-order valence-corrected chi connectivity index (χ2v) is 15.0. The van der Waals surface area contributed by atoms with Crippen LogP contribution >= 0.6 is 0 Å². The van der Waals surface area contributed by atoms with E-state index in [1.807, 2.05) is 24.8 Å². The molecule has 268 valence electrons. The van der Waals surface area contributed by atoms with E-state index in [-0.39, 0.29) is 0 Å². The van der Waals surface area contributed by atoms with Gasteiger partial charge in [0.1, 0.15) is 0 Å². The molecule has 6 aromatic carbocycles. The Bertz CT molecular complexity index is 3170. The number of allylic oxidation sites excluding steroid dienone is 2. The lowest BCUT2D eigenvalue weighted by Crippen LogP contribution is -2.30. The van der Waals surface area contributed by atoms with Gasteiger partial charge in [0, 0.05) is 63.1 Å². The number of benzene rings is 6. The lowest BCUT2D eigenvalue weighted by atomic mass is 9.66. The summed E-state index contributed by atoms with van der Waals surface area (Å²) in [6.45, 7) is 0.784. The van der Waals surface area contributed by atoms with E-state index in [2.05, 4.69) is 194 Å². The molecule has 0 saturated carbocycles. The average Bonchev–Trinajstić information content (AvgIpc) is 3.92. The first kappa shape index (κ1) is 31.8. The monoisotopic (exact) mass is 729 g/mol. The van der Waals surface area contributed by atoms with Crippen LogP contribution in [0.1, 0.15) is 22.3 Å². The molecule has 5 heterocycles. The SMILES string of the molecule is C1=CC2=C(NC1)c1c(ccc3c4ccccc4n(-c4ccc(-c5ccc(-n6c7cnccc7c7ccncc76)cc5)cc4)c13)C2(c1ccccc1)c1ccccc1. The van der Waals surface area contributed by atoms with Crippen LogP contribution in [0.15, 0.2) is 200 Å². The van der Waals surface area contributed by atoms with Crippen molar-refractivity contribution < 1.29 is 0 Å². The molecule has 57 heavy (non-hydrogen) atoms. The molecule has 0 fully saturated rings. The summed E-state index contributed by atoms with van der Waals surface area (Å²) in [6, 6.07) is 57.7. The largest absolute Gasteiger partial charge is 0.381 e. The number of rotatable bonds is 5. The third-order valence-electron chi connectivity index (χ3n) is 12.2. The number of dihydropyridines is 1. The number of nitrogens with zero attached hydrogens (tertiary/aromatic N) is 4. The minimum atomic E-state index is -0.477. The van der Waals surface area contributed by atoms with Crippen molar-refractivity contribution in [2.75, 3.05) is 6.54 Å². The lowest BCUT2D eigenvalue weighted by Gasteiger charge is -2.35. The van der Waals surface area contributed by atoms with Crippen molar-refractivity contribution in [3.8, 4) is 22.5 Å². The molecule has 0 atom stereocenters. The molecular formula is C52H35N5. The summed E-state index contributed by atoms with van der Waals surface area (Å²) < 4.78 is 4.73. The van der Waals surface area contributed by atoms with Gasteiger partial charge in [-0.3, -0.25) is 9.97 Å². The van der Waals surface area contributed by atoms with E-state index in [1.54, 1.807) is 0 Å². The van der Waals surface area contributed by atoms with Crippen molar-refractivity contribution in [1.29, 1.82) is 0 Å². The number of hydrogen-bond donors (Lipinski definition) is 1. The fraction of sp³-hybridized carbons (Fsp3) is 0.0385. The topological polar surface area (TPSA) is 47.7 Å². The van der Waals surface area contributed by atoms with Gasteiger partial charge < -0.3 is 14.5 Å². The first-order valence-electron chi connectivity index (χ1n) is 19.5. The van der Waals surface area contributed by atoms with E-state index in [1.165, 1.54) is 66.1 Å². The van der Waals surface area contributed by atoms with Crippen molar-refractivity contribution in [2.45, 2.75) is 5.41 Å². The van der Waals surface area contributed by atoms with Crippen molar-refractivity contribution in [2.24, 2.45) is 0 Å². The Labute approximate surface area is 329 Å². The minimum Gasteiger partial charge on any atom is -0.381 e. The third-order valence-corrected chi connectivity index (χ3v) is 12.2. The Balaban J connectivity index is 1.03. The molecule has 4 aromatic heterocycles. The fourth-order valence-electron chi connectivity index (χ4n) is 9.85. The van der Waals surface area contributed by atoms with Crippen LogP contribution in [0.25, 0.3) is 71.8 Å². The molecule has 10 aromatic rings. The standard InChI is InChI=1S/C52H35N5/c1-3-10-36(11-4-1)52(37-12-5-2-6-13-37)44-26-25-43-40-14-7-8-16-46(40)57(51(43)49(44)50-45(52)15-9-29-55-50)39-23-19-35(20-24-39)34-17-21-38(22-18-34)56-47-32-53-30-27-41(47)42-28-31-54-33-48(42)56/h1-28,30-33,55H,29H2. The van der Waals surface area contributed by atoms with Crippen LogP contribution < -0.4 is 5.32 Å². The van der Waals surface area contributed by atoms with E-state index >= 15 is 0 Å². The molecule has 0 unspecified atom stereocenters. The van der Waals surface area contributed by atoms with Gasteiger partial charge in [-0.1, -0.05) is 127 Å². The smallest absolute Gasteiger partial charge is 0.0729 e. The summed E-state index contributed by atoms with van der Waals surface area (Å²) in [5, 5.41) is 8.72. The molecule has 1 aliphatic carbocycles. The van der Waals surface area contributed by atoms with Gasteiger partial charge in [-0.2, -0.15) is 0 Å². The molecule has 1 aliphatic heterocycles. The zero-order chi connectivity index (χ0) is 37.5. The summed E-state index contributed by atoms with van der Waals surface area (Å²) in [4.78, 5) is 8.90. The molecule has 0 radical (unpaired) electrons. The molecule has 0 bridgehead atoms. The van der Waals surface area contributed by atoms with Gasteiger partial charge >= 0.3 is 0 Å². The fourth-order valence-corrected chi connectivity index (χ4v) is 9.85. The molecular weight excluding hydrogens is 695 g/mol. The first-order valence-corrected chi connectivity index (χ1v) is 19.5. The number of para-hydroxylation sites is 1. The molecule has 5 nitrogen and oxygen atoms in total. The highest BCUT2D eigenvalue weighted by atomic mass is 15.0. The number of pyridine rings is 2. The van der Waals surface area contributed by atoms with Crippen LogP contribution in [-0.4, -0.2) is 25.6 Å². The van der Waals surface area contributed by atoms with Crippen LogP contribution in [-0.2, 0) is 5.41 Å².